The maximum Gasteiger partial charge on any atom is 1.00 e. The molecule has 0 unspecified atom stereocenters. The van der Waals surface area contributed by atoms with E-state index in [4.69, 9.17) is 0 Å². The van der Waals surface area contributed by atoms with Crippen LogP contribution in [0.3, 0.4) is 0 Å². The number of anilines is 2. The van der Waals surface area contributed by atoms with Crippen molar-refractivity contribution in [1.29, 1.82) is 0 Å². The number of aromatic carboxylic acids is 1. The third-order valence-electron chi connectivity index (χ3n) is 3.51. The zero-order valence-corrected chi connectivity index (χ0v) is 20.4. The first-order valence-electron chi connectivity index (χ1n) is 7.82. The normalized spacial score (nSPS) is 10.1. The van der Waals surface area contributed by atoms with Crippen LogP contribution in [-0.2, 0) is 4.79 Å². The Morgan fingerprint density at radius 2 is 1.90 bits per heavy atom. The van der Waals surface area contributed by atoms with E-state index in [1.54, 1.807) is 12.3 Å². The van der Waals surface area contributed by atoms with Gasteiger partial charge in [0, 0.05) is 17.9 Å². The number of carbonyl (C=O) groups is 3. The summed E-state index contributed by atoms with van der Waals surface area (Å²) in [4.78, 5) is 43.8. The van der Waals surface area contributed by atoms with Gasteiger partial charge in [0.1, 0.15) is 5.75 Å². The van der Waals surface area contributed by atoms with Gasteiger partial charge in [0.15, 0.2) is 10.1 Å². The molecule has 0 saturated carbocycles. The molecule has 0 spiro atoms. The van der Waals surface area contributed by atoms with E-state index in [-0.39, 0.29) is 68.0 Å². The predicted octanol–water partition coefficient (Wildman–Crippen LogP) is -1.14. The third kappa shape index (κ3) is 5.48. The molecule has 9 nitrogen and oxygen atoms in total. The van der Waals surface area contributed by atoms with Crippen molar-refractivity contribution in [3.8, 4) is 16.3 Å². The average molecular weight is 457 g/mol. The molecule has 3 rings (SSSR count). The summed E-state index contributed by atoms with van der Waals surface area (Å²) in [6.07, 6.45) is 0. The number of rotatable bonds is 5. The van der Waals surface area contributed by atoms with E-state index in [0.717, 1.165) is 11.3 Å². The van der Waals surface area contributed by atoms with Gasteiger partial charge in [-0.2, -0.15) is 0 Å². The van der Waals surface area contributed by atoms with Crippen molar-refractivity contribution in [2.45, 2.75) is 13.8 Å². The third-order valence-corrected chi connectivity index (χ3v) is 5.45. The fraction of sp³-hybridized carbons (Fsp3) is 0.118. The number of hydrogen-bond donors (Lipinski definition) is 3. The molecule has 29 heavy (non-hydrogen) atoms. The van der Waals surface area contributed by atoms with Crippen LogP contribution < -0.4 is 67.1 Å². The molecule has 2 aromatic heterocycles. The summed E-state index contributed by atoms with van der Waals surface area (Å²) in [7, 11) is 0. The van der Waals surface area contributed by atoms with Crippen LogP contribution >= 0.6 is 22.7 Å². The summed E-state index contributed by atoms with van der Waals surface area (Å²) in [6, 6.07) is 3.90. The standard InChI is InChI=1S/C17H14N4O5S2.K/c1-7-13(28-17(18-7)19-8(2)22)11-6-27-15(21-11)14(24)20-10-5-3-4-9(12(10)23)16(25)26;/h3-6,23H,1-2H3,(H,20,24)(H,25,26)(H,18,19,22);/q;+1/p-1. The number of carbonyl (C=O) groups excluding carboxylic acids is 3. The summed E-state index contributed by atoms with van der Waals surface area (Å²) in [5, 5.41) is 28.2. The Morgan fingerprint density at radius 3 is 2.55 bits per heavy atom. The van der Waals surface area contributed by atoms with Gasteiger partial charge in [-0.3, -0.25) is 9.59 Å². The molecule has 0 atom stereocenters. The van der Waals surface area contributed by atoms with Crippen LogP contribution in [0.4, 0.5) is 10.8 Å². The number of benzene rings is 1. The average Bonchev–Trinajstić information content (AvgIpc) is 3.22. The summed E-state index contributed by atoms with van der Waals surface area (Å²) in [5.41, 5.74) is 0.688. The van der Waals surface area contributed by atoms with Crippen LogP contribution in [0.1, 0.15) is 32.8 Å². The second kappa shape index (κ2) is 9.89. The molecule has 0 aliphatic heterocycles. The SMILES string of the molecule is CC(=O)Nc1nc(C)c(-c2csc(C(=O)Nc3cccc(C(=O)[O-])c3O)n2)s1.[K+]. The zero-order chi connectivity index (χ0) is 20.4. The van der Waals surface area contributed by atoms with Gasteiger partial charge in [-0.15, -0.1) is 11.3 Å². The van der Waals surface area contributed by atoms with E-state index in [9.17, 15) is 24.6 Å². The summed E-state index contributed by atoms with van der Waals surface area (Å²) in [5.74, 6) is -2.99. The van der Waals surface area contributed by atoms with Crippen molar-refractivity contribution < 1.29 is 76.0 Å². The number of carboxylic acids is 1. The second-order valence-corrected chi connectivity index (χ2v) is 7.45. The number of phenols is 1. The van der Waals surface area contributed by atoms with Crippen molar-refractivity contribution >= 4 is 51.3 Å². The van der Waals surface area contributed by atoms with E-state index >= 15 is 0 Å². The first-order valence-corrected chi connectivity index (χ1v) is 9.51. The van der Waals surface area contributed by atoms with Crippen molar-refractivity contribution in [2.24, 2.45) is 0 Å². The maximum absolute atomic E-state index is 12.4. The monoisotopic (exact) mass is 456 g/mol. The largest absolute Gasteiger partial charge is 1.00 e. The summed E-state index contributed by atoms with van der Waals surface area (Å²) in [6.45, 7) is 3.15. The van der Waals surface area contributed by atoms with E-state index < -0.39 is 23.2 Å². The Bertz CT molecular complexity index is 1100. The van der Waals surface area contributed by atoms with Gasteiger partial charge in [0.25, 0.3) is 5.91 Å². The van der Waals surface area contributed by atoms with Gasteiger partial charge in [0.2, 0.25) is 5.91 Å². The maximum atomic E-state index is 12.4. The molecule has 0 aliphatic rings. The molecule has 0 saturated heterocycles. The van der Waals surface area contributed by atoms with Crippen molar-refractivity contribution in [3.05, 3.63) is 39.8 Å². The Hall–Kier alpha value is -1.67. The number of amides is 2. The minimum absolute atomic E-state index is 0. The Morgan fingerprint density at radius 1 is 1.17 bits per heavy atom. The number of aromatic hydroxyl groups is 1. The summed E-state index contributed by atoms with van der Waals surface area (Å²) < 4.78 is 0. The zero-order valence-electron chi connectivity index (χ0n) is 15.6. The van der Waals surface area contributed by atoms with Crippen LogP contribution in [0.25, 0.3) is 10.6 Å². The molecule has 2 amide bonds. The minimum Gasteiger partial charge on any atom is -0.545 e. The molecule has 3 N–H and O–H groups in total. The molecule has 1 aromatic carbocycles. The number of thiazole rings is 2. The quantitative estimate of drug-likeness (QED) is 0.325. The molecule has 0 bridgehead atoms. The molecule has 144 valence electrons. The van der Waals surface area contributed by atoms with Crippen molar-refractivity contribution in [1.82, 2.24) is 9.97 Å². The van der Waals surface area contributed by atoms with Gasteiger partial charge in [-0.05, 0) is 19.1 Å². The van der Waals surface area contributed by atoms with Crippen LogP contribution in [0.2, 0.25) is 0 Å². The number of carboxylic acid groups (broad SMARTS) is 1. The minimum atomic E-state index is -1.55. The van der Waals surface area contributed by atoms with Crippen LogP contribution in [0.15, 0.2) is 23.6 Å². The van der Waals surface area contributed by atoms with Gasteiger partial charge >= 0.3 is 51.4 Å². The Kier molecular flexibility index (Phi) is 8.05. The Balaban J connectivity index is 0.00000300. The van der Waals surface area contributed by atoms with Crippen LogP contribution in [0, 0.1) is 6.92 Å². The predicted molar refractivity (Wildman–Crippen MR) is 103 cm³/mol. The van der Waals surface area contributed by atoms with Crippen molar-refractivity contribution in [2.75, 3.05) is 10.6 Å². The molecule has 0 radical (unpaired) electrons. The number of nitrogens with zero attached hydrogens (tertiary/aromatic N) is 2. The molecule has 2 heterocycles. The summed E-state index contributed by atoms with van der Waals surface area (Å²) >= 11 is 2.31. The van der Waals surface area contributed by atoms with Gasteiger partial charge < -0.3 is 25.6 Å². The first-order chi connectivity index (χ1) is 13.3. The topological polar surface area (TPSA) is 144 Å². The van der Waals surface area contributed by atoms with Gasteiger partial charge in [-0.1, -0.05) is 17.4 Å². The molecule has 3 aromatic rings. The van der Waals surface area contributed by atoms with E-state index in [2.05, 4.69) is 20.6 Å². The number of aryl methyl sites for hydroxylation is 1. The molecule has 0 fully saturated rings. The molecular weight excluding hydrogens is 443 g/mol. The number of hydrogen-bond acceptors (Lipinski definition) is 9. The van der Waals surface area contributed by atoms with E-state index in [0.29, 0.717) is 21.4 Å². The van der Waals surface area contributed by atoms with Crippen LogP contribution in [-0.4, -0.2) is 32.9 Å². The van der Waals surface area contributed by atoms with Gasteiger partial charge in [-0.25, -0.2) is 9.97 Å². The fourth-order valence-electron chi connectivity index (χ4n) is 2.31. The van der Waals surface area contributed by atoms with Crippen molar-refractivity contribution in [3.63, 3.8) is 0 Å². The molecule has 12 heteroatoms. The van der Waals surface area contributed by atoms with Crippen LogP contribution in [0.5, 0.6) is 5.75 Å². The molecular formula is C17H13KN4O5S2. The Labute approximate surface area is 215 Å². The fourth-order valence-corrected chi connectivity index (χ4v) is 4.06. The van der Waals surface area contributed by atoms with E-state index in [1.165, 1.54) is 36.5 Å². The number of nitrogens with one attached hydrogen (secondary N) is 2. The number of para-hydroxylation sites is 1. The smallest absolute Gasteiger partial charge is 0.545 e. The molecule has 0 aliphatic carbocycles. The van der Waals surface area contributed by atoms with E-state index in [1.807, 2.05) is 0 Å². The van der Waals surface area contributed by atoms with Gasteiger partial charge in [0.05, 0.1) is 27.9 Å². The first kappa shape index (κ1) is 23.6. The number of aromatic nitrogens is 2. The second-order valence-electron chi connectivity index (χ2n) is 5.60.